The highest BCUT2D eigenvalue weighted by molar-refractivity contribution is 5.94. The molecule has 0 spiro atoms. The van der Waals surface area contributed by atoms with E-state index in [1.807, 2.05) is 13.1 Å². The standard InChI is InChI=1S/C22H23N3/c1-14-6-7-15(13-23-14)8-9-16-4-3-5-18-21-19(24-22(16)18)12-17-10-11-20(21)25(17)2/h3-9,13,17,20,24H,10-12H2,1-2H3/b9-8+/t17-,20+/m1/s1. The predicted octanol–water partition coefficient (Wildman–Crippen LogP) is 4.73. The lowest BCUT2D eigenvalue weighted by molar-refractivity contribution is 0.224. The zero-order valence-electron chi connectivity index (χ0n) is 14.8. The quantitative estimate of drug-likeness (QED) is 0.737. The molecule has 2 aliphatic rings. The van der Waals surface area contributed by atoms with Crippen LogP contribution < -0.4 is 0 Å². The van der Waals surface area contributed by atoms with Gasteiger partial charge in [-0.05, 0) is 49.6 Å². The highest BCUT2D eigenvalue weighted by atomic mass is 15.2. The van der Waals surface area contributed by atoms with E-state index in [2.05, 4.69) is 64.4 Å². The molecule has 3 heteroatoms. The second kappa shape index (κ2) is 5.57. The molecule has 5 rings (SSSR count). The van der Waals surface area contributed by atoms with Crippen LogP contribution in [0.3, 0.4) is 0 Å². The van der Waals surface area contributed by atoms with E-state index in [1.54, 1.807) is 5.56 Å². The minimum Gasteiger partial charge on any atom is -0.358 e. The molecule has 0 aliphatic carbocycles. The minimum absolute atomic E-state index is 0.586. The molecule has 4 heterocycles. The number of aryl methyl sites for hydroxylation is 1. The van der Waals surface area contributed by atoms with Gasteiger partial charge in [-0.25, -0.2) is 0 Å². The second-order valence-corrected chi connectivity index (χ2v) is 7.47. The van der Waals surface area contributed by atoms with Crippen molar-refractivity contribution in [1.82, 2.24) is 14.9 Å². The first-order valence-corrected chi connectivity index (χ1v) is 9.17. The monoisotopic (exact) mass is 329 g/mol. The Kier molecular flexibility index (Phi) is 3.32. The zero-order chi connectivity index (χ0) is 17.0. The highest BCUT2D eigenvalue weighted by Gasteiger charge is 2.39. The Bertz CT molecular complexity index is 965. The molecule has 3 nitrogen and oxygen atoms in total. The van der Waals surface area contributed by atoms with Crippen LogP contribution in [0.2, 0.25) is 0 Å². The van der Waals surface area contributed by atoms with Crippen LogP contribution >= 0.6 is 0 Å². The number of aromatic nitrogens is 2. The number of hydrogen-bond donors (Lipinski definition) is 1. The summed E-state index contributed by atoms with van der Waals surface area (Å²) in [6.07, 6.45) is 10.1. The number of fused-ring (bicyclic) bond motifs is 6. The summed E-state index contributed by atoms with van der Waals surface area (Å²) in [6, 6.07) is 12.1. The van der Waals surface area contributed by atoms with Crippen LogP contribution in [0.25, 0.3) is 23.1 Å². The summed E-state index contributed by atoms with van der Waals surface area (Å²) in [4.78, 5) is 10.7. The van der Waals surface area contributed by atoms with Crippen molar-refractivity contribution >= 4 is 23.1 Å². The lowest BCUT2D eigenvalue weighted by Gasteiger charge is -2.31. The molecule has 2 atom stereocenters. The van der Waals surface area contributed by atoms with E-state index in [9.17, 15) is 0 Å². The van der Waals surface area contributed by atoms with E-state index in [0.717, 1.165) is 17.7 Å². The fourth-order valence-electron chi connectivity index (χ4n) is 4.60. The maximum absolute atomic E-state index is 4.38. The summed E-state index contributed by atoms with van der Waals surface area (Å²) in [6.45, 7) is 2.02. The van der Waals surface area contributed by atoms with Crippen molar-refractivity contribution in [2.24, 2.45) is 0 Å². The van der Waals surface area contributed by atoms with Crippen molar-refractivity contribution in [1.29, 1.82) is 0 Å². The van der Waals surface area contributed by atoms with Crippen molar-refractivity contribution in [2.45, 2.75) is 38.3 Å². The molecule has 2 bridgehead atoms. The summed E-state index contributed by atoms with van der Waals surface area (Å²) in [7, 11) is 2.29. The van der Waals surface area contributed by atoms with Gasteiger partial charge in [0.1, 0.15) is 0 Å². The van der Waals surface area contributed by atoms with Gasteiger partial charge in [0, 0.05) is 41.5 Å². The second-order valence-electron chi connectivity index (χ2n) is 7.47. The number of likely N-dealkylation sites (N-methyl/N-ethyl adjacent to an activating group) is 1. The fraction of sp³-hybridized carbons (Fsp3) is 0.318. The van der Waals surface area contributed by atoms with Crippen molar-refractivity contribution in [2.75, 3.05) is 7.05 Å². The van der Waals surface area contributed by atoms with E-state index in [-0.39, 0.29) is 0 Å². The number of nitrogens with one attached hydrogen (secondary N) is 1. The van der Waals surface area contributed by atoms with Crippen LogP contribution in [0.4, 0.5) is 0 Å². The van der Waals surface area contributed by atoms with E-state index < -0.39 is 0 Å². The smallest absolute Gasteiger partial charge is 0.0533 e. The van der Waals surface area contributed by atoms with Gasteiger partial charge in [0.2, 0.25) is 0 Å². The summed E-state index contributed by atoms with van der Waals surface area (Å²) >= 11 is 0. The SMILES string of the molecule is Cc1ccc(/C=C/c2cccc3c4c([nH]c23)C[C@H]2CC[C@@H]4N2C)cn1. The third-order valence-corrected chi connectivity index (χ3v) is 5.99. The number of benzene rings is 1. The molecule has 0 amide bonds. The number of para-hydroxylation sites is 1. The molecule has 126 valence electrons. The predicted molar refractivity (Wildman–Crippen MR) is 103 cm³/mol. The summed E-state index contributed by atoms with van der Waals surface area (Å²) in [5.41, 5.74) is 7.72. The molecule has 2 aliphatic heterocycles. The lowest BCUT2D eigenvalue weighted by atomic mass is 9.97. The Balaban J connectivity index is 1.58. The van der Waals surface area contributed by atoms with Gasteiger partial charge >= 0.3 is 0 Å². The van der Waals surface area contributed by atoms with Crippen LogP contribution in [-0.2, 0) is 6.42 Å². The maximum atomic E-state index is 4.38. The molecule has 0 radical (unpaired) electrons. The molecular formula is C22H23N3. The number of H-pyrrole nitrogens is 1. The first kappa shape index (κ1) is 14.9. The van der Waals surface area contributed by atoms with E-state index in [0.29, 0.717) is 12.1 Å². The number of pyridine rings is 1. The molecule has 3 aromatic rings. The van der Waals surface area contributed by atoms with E-state index >= 15 is 0 Å². The van der Waals surface area contributed by atoms with E-state index in [1.165, 1.54) is 35.0 Å². The van der Waals surface area contributed by atoms with Crippen molar-refractivity contribution in [3.63, 3.8) is 0 Å². The van der Waals surface area contributed by atoms with Crippen LogP contribution in [0, 0.1) is 6.92 Å². The summed E-state index contributed by atoms with van der Waals surface area (Å²) in [5, 5.41) is 1.40. The van der Waals surface area contributed by atoms with Gasteiger partial charge in [0.15, 0.2) is 0 Å². The first-order valence-electron chi connectivity index (χ1n) is 9.17. The van der Waals surface area contributed by atoms with Gasteiger partial charge in [-0.15, -0.1) is 0 Å². The summed E-state index contributed by atoms with van der Waals surface area (Å²) in [5.74, 6) is 0. The molecular weight excluding hydrogens is 306 g/mol. The van der Waals surface area contributed by atoms with Crippen molar-refractivity contribution in [3.8, 4) is 0 Å². The Morgan fingerprint density at radius 3 is 2.92 bits per heavy atom. The Labute approximate surface area is 148 Å². The van der Waals surface area contributed by atoms with Crippen LogP contribution in [-0.4, -0.2) is 28.0 Å². The van der Waals surface area contributed by atoms with Gasteiger partial charge in [-0.1, -0.05) is 36.4 Å². The Hall–Kier alpha value is -2.39. The molecule has 1 aromatic carbocycles. The largest absolute Gasteiger partial charge is 0.358 e. The molecule has 2 aromatic heterocycles. The third kappa shape index (κ3) is 2.34. The maximum Gasteiger partial charge on any atom is 0.0533 e. The lowest BCUT2D eigenvalue weighted by Crippen LogP contribution is -2.33. The van der Waals surface area contributed by atoms with Crippen molar-refractivity contribution < 1.29 is 0 Å². The Morgan fingerprint density at radius 1 is 1.16 bits per heavy atom. The highest BCUT2D eigenvalue weighted by Crippen LogP contribution is 2.45. The van der Waals surface area contributed by atoms with E-state index in [4.69, 9.17) is 0 Å². The van der Waals surface area contributed by atoms with Crippen LogP contribution in [0.15, 0.2) is 36.5 Å². The number of nitrogens with zero attached hydrogens (tertiary/aromatic N) is 2. The average molecular weight is 329 g/mol. The normalized spacial score (nSPS) is 22.8. The topological polar surface area (TPSA) is 31.9 Å². The molecule has 0 saturated carbocycles. The van der Waals surface area contributed by atoms with Crippen LogP contribution in [0.5, 0.6) is 0 Å². The Morgan fingerprint density at radius 2 is 2.08 bits per heavy atom. The van der Waals surface area contributed by atoms with Crippen LogP contribution in [0.1, 0.15) is 47.0 Å². The molecule has 1 N–H and O–H groups in total. The first-order chi connectivity index (χ1) is 12.2. The number of rotatable bonds is 2. The fourth-order valence-corrected chi connectivity index (χ4v) is 4.60. The van der Waals surface area contributed by atoms with Gasteiger partial charge < -0.3 is 4.98 Å². The zero-order valence-corrected chi connectivity index (χ0v) is 14.8. The number of aromatic amines is 1. The molecule has 1 fully saturated rings. The molecule has 1 saturated heterocycles. The molecule has 25 heavy (non-hydrogen) atoms. The van der Waals surface area contributed by atoms with Gasteiger partial charge in [-0.3, -0.25) is 9.88 Å². The van der Waals surface area contributed by atoms with Crippen molar-refractivity contribution in [3.05, 3.63) is 64.6 Å². The average Bonchev–Trinajstić information content (AvgIpc) is 3.09. The minimum atomic E-state index is 0.586. The third-order valence-electron chi connectivity index (χ3n) is 5.99. The van der Waals surface area contributed by atoms with Gasteiger partial charge in [0.25, 0.3) is 0 Å². The number of hydrogen-bond acceptors (Lipinski definition) is 2. The van der Waals surface area contributed by atoms with Gasteiger partial charge in [-0.2, -0.15) is 0 Å². The summed E-state index contributed by atoms with van der Waals surface area (Å²) < 4.78 is 0. The molecule has 0 unspecified atom stereocenters. The van der Waals surface area contributed by atoms with Gasteiger partial charge in [0.05, 0.1) is 5.52 Å².